The third-order valence-electron chi connectivity index (χ3n) is 15.2. The summed E-state index contributed by atoms with van der Waals surface area (Å²) < 4.78 is 11.4. The van der Waals surface area contributed by atoms with Gasteiger partial charge in [-0.05, 0) is 109 Å². The molecule has 0 aliphatic heterocycles. The Bertz CT molecular complexity index is 3100. The van der Waals surface area contributed by atoms with Crippen LogP contribution in [0.15, 0.2) is 140 Å². The summed E-state index contributed by atoms with van der Waals surface area (Å²) in [6.07, 6.45) is -1.94. The van der Waals surface area contributed by atoms with Crippen molar-refractivity contribution in [2.45, 2.75) is 168 Å². The molecule has 0 spiro atoms. The molecule has 476 valence electrons. The van der Waals surface area contributed by atoms with Gasteiger partial charge >= 0.3 is 18.0 Å². The van der Waals surface area contributed by atoms with Gasteiger partial charge < -0.3 is 51.8 Å². The Balaban J connectivity index is 1.25. The molecule has 1 aliphatic rings. The fraction of sp³-hybridized carbons (Fsp3) is 0.443. The van der Waals surface area contributed by atoms with Gasteiger partial charge in [0, 0.05) is 12.3 Å². The highest BCUT2D eigenvalue weighted by Gasteiger charge is 2.40. The monoisotopic (exact) mass is 1220 g/mol. The van der Waals surface area contributed by atoms with Gasteiger partial charge in [0.25, 0.3) is 0 Å². The minimum absolute atomic E-state index is 0.0578. The average Bonchev–Trinajstić information content (AvgIpc) is 2.02. The van der Waals surface area contributed by atoms with Crippen molar-refractivity contribution in [3.63, 3.8) is 0 Å². The van der Waals surface area contributed by atoms with Crippen LogP contribution in [0.2, 0.25) is 0 Å². The lowest BCUT2D eigenvalue weighted by Gasteiger charge is -2.37. The molecule has 0 radical (unpaired) electrons. The van der Waals surface area contributed by atoms with Gasteiger partial charge in [0.2, 0.25) is 35.4 Å². The smallest absolute Gasteiger partial charge is 0.407 e. The number of carbonyl (C=O) groups excluding carboxylic acids is 8. The van der Waals surface area contributed by atoms with Crippen molar-refractivity contribution >= 4 is 53.5 Å². The van der Waals surface area contributed by atoms with E-state index < -0.39 is 113 Å². The van der Waals surface area contributed by atoms with Crippen molar-refractivity contribution in [1.29, 1.82) is 0 Å². The molecule has 19 nitrogen and oxygen atoms in total. The van der Waals surface area contributed by atoms with Gasteiger partial charge in [0.1, 0.15) is 54.0 Å². The molecule has 19 heteroatoms. The number of hydrogen-bond acceptors (Lipinski definition) is 11. The average molecular weight is 1220 g/mol. The summed E-state index contributed by atoms with van der Waals surface area (Å²) in [5.41, 5.74) is 4.12. The van der Waals surface area contributed by atoms with E-state index in [0.29, 0.717) is 0 Å². The summed E-state index contributed by atoms with van der Waals surface area (Å²) in [6, 6.07) is 35.9. The molecule has 6 rings (SSSR count). The molecule has 7 amide bonds. The van der Waals surface area contributed by atoms with Crippen LogP contribution in [-0.4, -0.2) is 107 Å². The third kappa shape index (κ3) is 19.6. The van der Waals surface area contributed by atoms with E-state index in [0.717, 1.165) is 38.9 Å². The number of ether oxygens (including phenoxy) is 2. The molecule has 5 aromatic carbocycles. The molecule has 0 fully saturated rings. The van der Waals surface area contributed by atoms with Crippen molar-refractivity contribution in [3.05, 3.63) is 167 Å². The normalized spacial score (nSPS) is 14.2. The quantitative estimate of drug-likeness (QED) is 0.0158. The van der Waals surface area contributed by atoms with Gasteiger partial charge in [-0.2, -0.15) is 0 Å². The molecule has 1 aliphatic carbocycles. The number of benzene rings is 5. The first kappa shape index (κ1) is 69.2. The first-order valence-electron chi connectivity index (χ1n) is 30.7. The standard InChI is InChI=1S/C70H89N7O12/c1-42(2)37-55(63(81)72-56(38-43(3)4)65(83)76-61(45(7)8)66(84)73-57(40-60(79)89-69(9,10)11)64(82)74-58(67(85)86)39-44(5)6)71-62(80)54(75-68(87)88-41-53-51-33-23-21-31-49(51)50-32-22-24-34-52(50)53)35-36-59(78)77-70(46-25-15-12-16-26-46,47-27-17-13-18-28-47)48-29-19-14-20-30-48/h12-34,42-45,53-58,61H,35-41H2,1-11H3,(H,71,80)(H,72,81)(H,73,84)(H,74,82)(H,75,87)(H,76,83)(H,77,78)(H,85,86)/t54-,55-,56+,57-,58+,61-/m0/s1. The number of esters is 1. The van der Waals surface area contributed by atoms with E-state index in [-0.39, 0.29) is 62.4 Å². The molecular formula is C70H89N7O12. The molecule has 6 atom stereocenters. The SMILES string of the molecule is CC(C)C[C@H](NC(=O)[C@H](CCC(=O)NC(c1ccccc1)(c1ccccc1)c1ccccc1)NC(=O)OCC1c2ccccc2-c2ccccc21)C(=O)N[C@H](CC(C)C)C(=O)N[C@H](C(=O)N[C@@H](CC(=O)OC(C)(C)C)C(=O)N[C@H](CC(C)C)C(=O)O)C(C)C. The van der Waals surface area contributed by atoms with E-state index in [4.69, 9.17) is 9.47 Å². The van der Waals surface area contributed by atoms with Crippen LogP contribution in [0.1, 0.15) is 148 Å². The van der Waals surface area contributed by atoms with E-state index in [9.17, 15) is 48.3 Å². The Kier molecular flexibility index (Phi) is 24.8. The molecule has 89 heavy (non-hydrogen) atoms. The third-order valence-corrected chi connectivity index (χ3v) is 15.2. The molecule has 8 N–H and O–H groups in total. The fourth-order valence-corrected chi connectivity index (χ4v) is 11.1. The summed E-state index contributed by atoms with van der Waals surface area (Å²) in [5.74, 6) is -8.27. The Morgan fingerprint density at radius 3 is 1.30 bits per heavy atom. The van der Waals surface area contributed by atoms with E-state index >= 15 is 0 Å². The number of carboxylic acid groups (broad SMARTS) is 1. The Morgan fingerprint density at radius 2 is 0.865 bits per heavy atom. The van der Waals surface area contributed by atoms with Crippen molar-refractivity contribution < 1.29 is 57.7 Å². The molecule has 0 saturated heterocycles. The molecule has 0 aromatic heterocycles. The van der Waals surface area contributed by atoms with Crippen LogP contribution >= 0.6 is 0 Å². The summed E-state index contributed by atoms with van der Waals surface area (Å²) in [5, 5.41) is 29.3. The van der Waals surface area contributed by atoms with Gasteiger partial charge in [0.15, 0.2) is 0 Å². The highest BCUT2D eigenvalue weighted by molar-refractivity contribution is 5.98. The van der Waals surface area contributed by atoms with Crippen LogP contribution in [0.4, 0.5) is 4.79 Å². The highest BCUT2D eigenvalue weighted by Crippen LogP contribution is 2.44. The first-order valence-corrected chi connectivity index (χ1v) is 30.7. The zero-order valence-corrected chi connectivity index (χ0v) is 53.0. The van der Waals surface area contributed by atoms with Crippen LogP contribution < -0.4 is 37.2 Å². The van der Waals surface area contributed by atoms with Crippen LogP contribution in [-0.2, 0) is 53.4 Å². The molecular weight excluding hydrogens is 1130 g/mol. The lowest BCUT2D eigenvalue weighted by atomic mass is 9.77. The summed E-state index contributed by atoms with van der Waals surface area (Å²) in [4.78, 5) is 126. The second-order valence-corrected chi connectivity index (χ2v) is 25.4. The number of alkyl carbamates (subject to hydrolysis) is 1. The highest BCUT2D eigenvalue weighted by atomic mass is 16.6. The van der Waals surface area contributed by atoms with E-state index in [2.05, 4.69) is 37.2 Å². The van der Waals surface area contributed by atoms with Crippen LogP contribution in [0, 0.1) is 23.7 Å². The zero-order valence-electron chi connectivity index (χ0n) is 53.0. The van der Waals surface area contributed by atoms with Gasteiger partial charge in [-0.25, -0.2) is 9.59 Å². The first-order chi connectivity index (χ1) is 42.2. The number of fused-ring (bicyclic) bond motifs is 3. The summed E-state index contributed by atoms with van der Waals surface area (Å²) in [7, 11) is 0. The molecule has 0 heterocycles. The van der Waals surface area contributed by atoms with Gasteiger partial charge in [-0.15, -0.1) is 0 Å². The lowest BCUT2D eigenvalue weighted by Crippen LogP contribution is -2.61. The lowest BCUT2D eigenvalue weighted by molar-refractivity contribution is -0.156. The summed E-state index contributed by atoms with van der Waals surface area (Å²) >= 11 is 0. The van der Waals surface area contributed by atoms with Crippen LogP contribution in [0.3, 0.4) is 0 Å². The maximum absolute atomic E-state index is 14.9. The Morgan fingerprint density at radius 1 is 0.472 bits per heavy atom. The van der Waals surface area contributed by atoms with Gasteiger partial charge in [0.05, 0.1) is 6.42 Å². The van der Waals surface area contributed by atoms with Crippen molar-refractivity contribution in [2.75, 3.05) is 6.61 Å². The number of rotatable bonds is 30. The predicted molar refractivity (Wildman–Crippen MR) is 340 cm³/mol. The fourth-order valence-electron chi connectivity index (χ4n) is 11.1. The Hall–Kier alpha value is -8.87. The largest absolute Gasteiger partial charge is 0.480 e. The Labute approximate surface area is 523 Å². The second kappa shape index (κ2) is 31.9. The number of carboxylic acids is 1. The number of aliphatic carboxylic acids is 1. The molecule has 5 aromatic rings. The molecule has 0 unspecified atom stereocenters. The summed E-state index contributed by atoms with van der Waals surface area (Å²) in [6.45, 7) is 19.0. The van der Waals surface area contributed by atoms with E-state index in [1.807, 2.05) is 167 Å². The minimum atomic E-state index is -1.61. The van der Waals surface area contributed by atoms with Crippen molar-refractivity contribution in [1.82, 2.24) is 37.2 Å². The second-order valence-electron chi connectivity index (χ2n) is 25.4. The van der Waals surface area contributed by atoms with Gasteiger partial charge in [-0.3, -0.25) is 33.6 Å². The van der Waals surface area contributed by atoms with Crippen molar-refractivity contribution in [3.8, 4) is 11.1 Å². The molecule has 0 saturated carbocycles. The van der Waals surface area contributed by atoms with E-state index in [1.54, 1.807) is 48.5 Å². The maximum Gasteiger partial charge on any atom is 0.407 e. The topological polar surface area (TPSA) is 277 Å². The number of nitrogens with one attached hydrogen (secondary N) is 7. The van der Waals surface area contributed by atoms with E-state index in [1.165, 1.54) is 0 Å². The minimum Gasteiger partial charge on any atom is -0.480 e. The van der Waals surface area contributed by atoms with Gasteiger partial charge in [-0.1, -0.05) is 195 Å². The van der Waals surface area contributed by atoms with Crippen LogP contribution in [0.25, 0.3) is 11.1 Å². The number of carbonyl (C=O) groups is 9. The number of amides is 7. The van der Waals surface area contributed by atoms with Crippen molar-refractivity contribution in [2.24, 2.45) is 23.7 Å². The predicted octanol–water partition coefficient (Wildman–Crippen LogP) is 8.82. The zero-order chi connectivity index (χ0) is 65.2. The maximum atomic E-state index is 14.9. The number of hydrogen-bond donors (Lipinski definition) is 8. The molecule has 0 bridgehead atoms. The van der Waals surface area contributed by atoms with Crippen LogP contribution in [0.5, 0.6) is 0 Å².